The standard InChI is InChI=1S/C9H19NO4S/c1-2-3-4-5-6-7-8(9(10)11)15(12,13)14/h8H,2-7H2,1H3,(H2,10,11)(H,12,13,14). The topological polar surface area (TPSA) is 97.5 Å². The van der Waals surface area contributed by atoms with Crippen molar-refractivity contribution in [2.24, 2.45) is 5.73 Å². The maximum atomic E-state index is 10.7. The highest BCUT2D eigenvalue weighted by atomic mass is 32.2. The van der Waals surface area contributed by atoms with Gasteiger partial charge in [0.15, 0.2) is 5.25 Å². The van der Waals surface area contributed by atoms with Gasteiger partial charge >= 0.3 is 0 Å². The maximum Gasteiger partial charge on any atom is 0.276 e. The molecular formula is C9H19NO4S. The van der Waals surface area contributed by atoms with Gasteiger partial charge in [0, 0.05) is 0 Å². The number of nitrogens with two attached hydrogens (primary N) is 1. The Hall–Kier alpha value is -0.620. The molecule has 0 rings (SSSR count). The van der Waals surface area contributed by atoms with Gasteiger partial charge < -0.3 is 5.73 Å². The van der Waals surface area contributed by atoms with Gasteiger partial charge in [0.2, 0.25) is 5.91 Å². The highest BCUT2D eigenvalue weighted by Gasteiger charge is 2.27. The van der Waals surface area contributed by atoms with Crippen molar-refractivity contribution in [2.45, 2.75) is 50.7 Å². The van der Waals surface area contributed by atoms with Crippen molar-refractivity contribution < 1.29 is 17.8 Å². The Kier molecular flexibility index (Phi) is 6.51. The lowest BCUT2D eigenvalue weighted by Crippen LogP contribution is -2.35. The average molecular weight is 237 g/mol. The van der Waals surface area contributed by atoms with Gasteiger partial charge in [0.1, 0.15) is 0 Å². The summed E-state index contributed by atoms with van der Waals surface area (Å²) in [5, 5.41) is -1.45. The molecule has 1 amide bonds. The Labute approximate surface area is 90.8 Å². The number of carbonyl (C=O) groups is 1. The summed E-state index contributed by atoms with van der Waals surface area (Å²) in [5.41, 5.74) is 4.89. The van der Waals surface area contributed by atoms with Gasteiger partial charge in [-0.2, -0.15) is 8.42 Å². The molecule has 6 heteroatoms. The first-order valence-electron chi connectivity index (χ1n) is 5.15. The van der Waals surface area contributed by atoms with Crippen molar-refractivity contribution in [1.29, 1.82) is 0 Å². The van der Waals surface area contributed by atoms with Crippen LogP contribution >= 0.6 is 0 Å². The summed E-state index contributed by atoms with van der Waals surface area (Å²) in [6, 6.07) is 0. The van der Waals surface area contributed by atoms with Gasteiger partial charge in [0.25, 0.3) is 10.1 Å². The number of unbranched alkanes of at least 4 members (excludes halogenated alkanes) is 4. The van der Waals surface area contributed by atoms with Crippen LogP contribution in [-0.4, -0.2) is 24.1 Å². The molecule has 0 radical (unpaired) electrons. The normalized spacial score (nSPS) is 13.7. The minimum Gasteiger partial charge on any atom is -0.368 e. The van der Waals surface area contributed by atoms with Crippen molar-refractivity contribution in [3.63, 3.8) is 0 Å². The third-order valence-corrected chi connectivity index (χ3v) is 3.43. The van der Waals surface area contributed by atoms with E-state index >= 15 is 0 Å². The van der Waals surface area contributed by atoms with Crippen molar-refractivity contribution in [2.75, 3.05) is 0 Å². The van der Waals surface area contributed by atoms with Crippen LogP contribution in [0.3, 0.4) is 0 Å². The molecule has 0 aromatic heterocycles. The molecule has 1 unspecified atom stereocenters. The number of hydrogen-bond donors (Lipinski definition) is 2. The fourth-order valence-corrected chi connectivity index (χ4v) is 2.13. The molecule has 15 heavy (non-hydrogen) atoms. The zero-order chi connectivity index (χ0) is 11.9. The van der Waals surface area contributed by atoms with Crippen molar-refractivity contribution >= 4 is 16.0 Å². The molecule has 0 aliphatic carbocycles. The zero-order valence-corrected chi connectivity index (χ0v) is 9.79. The first kappa shape index (κ1) is 14.4. The summed E-state index contributed by atoms with van der Waals surface area (Å²) in [7, 11) is -4.33. The highest BCUT2D eigenvalue weighted by molar-refractivity contribution is 7.87. The van der Waals surface area contributed by atoms with Crippen LogP contribution in [-0.2, 0) is 14.9 Å². The second kappa shape index (κ2) is 6.79. The molecule has 0 spiro atoms. The summed E-state index contributed by atoms with van der Waals surface area (Å²) in [6.45, 7) is 2.07. The van der Waals surface area contributed by atoms with Crippen LogP contribution in [0, 0.1) is 0 Å². The average Bonchev–Trinajstić information content (AvgIpc) is 2.08. The molecule has 0 fully saturated rings. The third kappa shape index (κ3) is 6.46. The minimum absolute atomic E-state index is 0.109. The SMILES string of the molecule is CCCCCCCC(C(N)=O)S(=O)(=O)O. The van der Waals surface area contributed by atoms with Crippen molar-refractivity contribution in [3.05, 3.63) is 0 Å². The molecule has 0 aromatic carbocycles. The van der Waals surface area contributed by atoms with Crippen molar-refractivity contribution in [3.8, 4) is 0 Å². The Balaban J connectivity index is 3.95. The van der Waals surface area contributed by atoms with Crippen LogP contribution in [0.2, 0.25) is 0 Å². The molecule has 1 atom stereocenters. The van der Waals surface area contributed by atoms with Gasteiger partial charge in [0.05, 0.1) is 0 Å². The fourth-order valence-electron chi connectivity index (χ4n) is 1.37. The van der Waals surface area contributed by atoms with Crippen molar-refractivity contribution in [1.82, 2.24) is 0 Å². The predicted molar refractivity (Wildman–Crippen MR) is 57.9 cm³/mol. The van der Waals surface area contributed by atoms with E-state index in [1.165, 1.54) is 0 Å². The maximum absolute atomic E-state index is 10.7. The Morgan fingerprint density at radius 2 is 1.80 bits per heavy atom. The van der Waals surface area contributed by atoms with E-state index in [4.69, 9.17) is 10.3 Å². The van der Waals surface area contributed by atoms with E-state index in [1.54, 1.807) is 0 Å². The summed E-state index contributed by atoms with van der Waals surface area (Å²) in [6.07, 6.45) is 4.75. The first-order valence-corrected chi connectivity index (χ1v) is 6.65. The van der Waals surface area contributed by atoms with Crippen LogP contribution < -0.4 is 5.73 Å². The van der Waals surface area contributed by atoms with Gasteiger partial charge in [-0.05, 0) is 6.42 Å². The zero-order valence-electron chi connectivity index (χ0n) is 8.98. The lowest BCUT2D eigenvalue weighted by molar-refractivity contribution is -0.117. The first-order chi connectivity index (χ1) is 6.89. The van der Waals surface area contributed by atoms with E-state index < -0.39 is 21.3 Å². The van der Waals surface area contributed by atoms with E-state index in [1.807, 2.05) is 0 Å². The van der Waals surface area contributed by atoms with E-state index in [9.17, 15) is 13.2 Å². The van der Waals surface area contributed by atoms with Gasteiger partial charge in [-0.3, -0.25) is 9.35 Å². The Morgan fingerprint density at radius 3 is 2.20 bits per heavy atom. The quantitative estimate of drug-likeness (QED) is 0.487. The molecule has 0 aliphatic rings. The number of primary amides is 1. The number of carbonyl (C=O) groups excluding carboxylic acids is 1. The Bertz CT molecular complexity index is 286. The summed E-state index contributed by atoms with van der Waals surface area (Å²) < 4.78 is 30.2. The van der Waals surface area contributed by atoms with Gasteiger partial charge in [-0.25, -0.2) is 0 Å². The van der Waals surface area contributed by atoms with Crippen LogP contribution in [0.25, 0.3) is 0 Å². The smallest absolute Gasteiger partial charge is 0.276 e. The van der Waals surface area contributed by atoms with Crippen LogP contribution in [0.1, 0.15) is 45.4 Å². The third-order valence-electron chi connectivity index (χ3n) is 2.25. The molecule has 0 heterocycles. The lowest BCUT2D eigenvalue weighted by atomic mass is 10.1. The summed E-state index contributed by atoms with van der Waals surface area (Å²) in [5.74, 6) is -0.979. The summed E-state index contributed by atoms with van der Waals surface area (Å²) >= 11 is 0. The lowest BCUT2D eigenvalue weighted by Gasteiger charge is -2.09. The molecular weight excluding hydrogens is 218 g/mol. The molecule has 0 saturated heterocycles. The molecule has 5 nitrogen and oxygen atoms in total. The van der Waals surface area contributed by atoms with E-state index in [-0.39, 0.29) is 6.42 Å². The minimum atomic E-state index is -4.33. The van der Waals surface area contributed by atoms with E-state index in [0.717, 1.165) is 25.7 Å². The molecule has 3 N–H and O–H groups in total. The summed E-state index contributed by atoms with van der Waals surface area (Å²) in [4.78, 5) is 10.7. The van der Waals surface area contributed by atoms with Gasteiger partial charge in [-0.1, -0.05) is 39.0 Å². The Morgan fingerprint density at radius 1 is 1.27 bits per heavy atom. The molecule has 0 saturated carbocycles. The predicted octanol–water partition coefficient (Wildman–Crippen LogP) is 1.09. The highest BCUT2D eigenvalue weighted by Crippen LogP contribution is 2.11. The van der Waals surface area contributed by atoms with Crippen LogP contribution in [0.4, 0.5) is 0 Å². The van der Waals surface area contributed by atoms with Gasteiger partial charge in [-0.15, -0.1) is 0 Å². The molecule has 0 aliphatic heterocycles. The van der Waals surface area contributed by atoms with Crippen LogP contribution in [0.15, 0.2) is 0 Å². The van der Waals surface area contributed by atoms with Crippen LogP contribution in [0.5, 0.6) is 0 Å². The van der Waals surface area contributed by atoms with E-state index in [0.29, 0.717) is 6.42 Å². The second-order valence-corrected chi connectivity index (χ2v) is 5.21. The second-order valence-electron chi connectivity index (χ2n) is 3.61. The molecule has 0 bridgehead atoms. The monoisotopic (exact) mass is 237 g/mol. The number of rotatable bonds is 8. The fraction of sp³-hybridized carbons (Fsp3) is 0.889. The molecule has 0 aromatic rings. The number of amides is 1. The number of hydrogen-bond acceptors (Lipinski definition) is 3. The van der Waals surface area contributed by atoms with E-state index in [2.05, 4.69) is 6.92 Å². The molecule has 90 valence electrons. The largest absolute Gasteiger partial charge is 0.368 e.